The first-order valence-electron chi connectivity index (χ1n) is 6.31. The van der Waals surface area contributed by atoms with Crippen molar-refractivity contribution in [3.63, 3.8) is 0 Å². The summed E-state index contributed by atoms with van der Waals surface area (Å²) in [7, 11) is 0. The highest BCUT2D eigenvalue weighted by Crippen LogP contribution is 2.59. The van der Waals surface area contributed by atoms with Gasteiger partial charge in [0.2, 0.25) is 0 Å². The molecular formula is C15H18ClNO2. The van der Waals surface area contributed by atoms with Crippen LogP contribution < -0.4 is 4.74 Å². The van der Waals surface area contributed by atoms with Crippen LogP contribution in [0.5, 0.6) is 5.75 Å². The topological polar surface area (TPSA) is 39.2 Å². The summed E-state index contributed by atoms with van der Waals surface area (Å²) in [4.78, 5) is 16.1. The summed E-state index contributed by atoms with van der Waals surface area (Å²) in [5.74, 6) is 0.217. The van der Waals surface area contributed by atoms with Crippen molar-refractivity contribution in [2.75, 3.05) is 0 Å². The van der Waals surface area contributed by atoms with Crippen LogP contribution >= 0.6 is 11.6 Å². The van der Waals surface area contributed by atoms with Gasteiger partial charge in [0.05, 0.1) is 5.92 Å². The first-order valence-corrected chi connectivity index (χ1v) is 6.69. The molecule has 3 nitrogen and oxygen atoms in total. The molecule has 0 saturated heterocycles. The van der Waals surface area contributed by atoms with Crippen molar-refractivity contribution in [1.29, 1.82) is 0 Å². The fourth-order valence-corrected chi connectivity index (χ4v) is 2.58. The van der Waals surface area contributed by atoms with E-state index >= 15 is 0 Å². The highest BCUT2D eigenvalue weighted by molar-refractivity contribution is 6.30. The number of nitrogens with zero attached hydrogens (tertiary/aromatic N) is 1. The Labute approximate surface area is 118 Å². The van der Waals surface area contributed by atoms with Crippen molar-refractivity contribution in [1.82, 2.24) is 4.98 Å². The van der Waals surface area contributed by atoms with Crippen LogP contribution in [-0.2, 0) is 4.79 Å². The maximum Gasteiger partial charge on any atom is 0.315 e. The zero-order chi connectivity index (χ0) is 14.2. The van der Waals surface area contributed by atoms with Crippen molar-refractivity contribution >= 4 is 17.6 Å². The lowest BCUT2D eigenvalue weighted by molar-refractivity contribution is -0.136. The van der Waals surface area contributed by atoms with Crippen LogP contribution in [0.4, 0.5) is 0 Å². The lowest BCUT2D eigenvalue weighted by Crippen LogP contribution is -2.14. The molecule has 2 atom stereocenters. The molecule has 1 aliphatic rings. The van der Waals surface area contributed by atoms with Gasteiger partial charge in [0.15, 0.2) is 10.9 Å². The minimum Gasteiger partial charge on any atom is -0.423 e. The standard InChI is InChI=1S/C15H18ClNO2/c1-9(2)8-10-12(15(10,3)4)14(18)19-11-6-5-7-17-13(11)16/h5-8,10,12H,1-4H3. The minimum absolute atomic E-state index is 0.0525. The number of carbonyl (C=O) groups is 1. The van der Waals surface area contributed by atoms with Crippen molar-refractivity contribution < 1.29 is 9.53 Å². The van der Waals surface area contributed by atoms with Crippen LogP contribution in [0.3, 0.4) is 0 Å². The molecule has 0 bridgehead atoms. The maximum absolute atomic E-state index is 12.2. The second-order valence-electron chi connectivity index (χ2n) is 5.78. The SMILES string of the molecule is CC(C)=CC1C(C(=O)Oc2cccnc2Cl)C1(C)C. The molecule has 2 rings (SSSR count). The van der Waals surface area contributed by atoms with Gasteiger partial charge in [-0.15, -0.1) is 0 Å². The number of ether oxygens (including phenoxy) is 1. The fourth-order valence-electron chi connectivity index (χ4n) is 2.42. The number of rotatable bonds is 3. The lowest BCUT2D eigenvalue weighted by atomic mass is 10.1. The van der Waals surface area contributed by atoms with Gasteiger partial charge in [0, 0.05) is 6.20 Å². The molecule has 0 spiro atoms. The Balaban J connectivity index is 2.10. The van der Waals surface area contributed by atoms with Crippen LogP contribution in [0.15, 0.2) is 30.0 Å². The number of aromatic nitrogens is 1. The number of hydrogen-bond acceptors (Lipinski definition) is 3. The molecule has 1 heterocycles. The number of pyridine rings is 1. The summed E-state index contributed by atoms with van der Waals surface area (Å²) in [6.07, 6.45) is 3.70. The van der Waals surface area contributed by atoms with Gasteiger partial charge in [-0.3, -0.25) is 4.79 Å². The summed E-state index contributed by atoms with van der Waals surface area (Å²) in [6, 6.07) is 3.35. The summed E-state index contributed by atoms with van der Waals surface area (Å²) in [5, 5.41) is 0.216. The zero-order valence-corrected chi connectivity index (χ0v) is 12.4. The second-order valence-corrected chi connectivity index (χ2v) is 6.14. The van der Waals surface area contributed by atoms with E-state index < -0.39 is 0 Å². The van der Waals surface area contributed by atoms with Crippen LogP contribution in [-0.4, -0.2) is 11.0 Å². The van der Waals surface area contributed by atoms with Crippen molar-refractivity contribution in [3.05, 3.63) is 35.1 Å². The number of allylic oxidation sites excluding steroid dienone is 2. The van der Waals surface area contributed by atoms with Crippen LogP contribution in [0.1, 0.15) is 27.7 Å². The Kier molecular flexibility index (Phi) is 3.68. The highest BCUT2D eigenvalue weighted by atomic mass is 35.5. The molecule has 19 heavy (non-hydrogen) atoms. The third-order valence-electron chi connectivity index (χ3n) is 3.61. The smallest absolute Gasteiger partial charge is 0.315 e. The molecule has 0 N–H and O–H groups in total. The van der Waals surface area contributed by atoms with Gasteiger partial charge >= 0.3 is 5.97 Å². The molecule has 1 aromatic rings. The highest BCUT2D eigenvalue weighted by Gasteiger charge is 2.61. The van der Waals surface area contributed by atoms with E-state index in [0.29, 0.717) is 5.75 Å². The molecule has 1 fully saturated rings. The average Bonchev–Trinajstić information content (AvgIpc) is 2.82. The first kappa shape index (κ1) is 14.1. The normalized spacial score (nSPS) is 23.6. The summed E-state index contributed by atoms with van der Waals surface area (Å²) in [5.41, 5.74) is 1.16. The summed E-state index contributed by atoms with van der Waals surface area (Å²) >= 11 is 5.88. The predicted octanol–water partition coefficient (Wildman–Crippen LogP) is 3.88. The Bertz CT molecular complexity index is 533. The van der Waals surface area contributed by atoms with E-state index in [1.807, 2.05) is 13.8 Å². The zero-order valence-electron chi connectivity index (χ0n) is 11.6. The average molecular weight is 280 g/mol. The maximum atomic E-state index is 12.2. The van der Waals surface area contributed by atoms with Gasteiger partial charge in [-0.2, -0.15) is 0 Å². The Morgan fingerprint density at radius 2 is 2.16 bits per heavy atom. The Hall–Kier alpha value is -1.35. The molecule has 1 saturated carbocycles. The molecule has 2 unspecified atom stereocenters. The lowest BCUT2D eigenvalue weighted by Gasteiger charge is -2.05. The number of carbonyl (C=O) groups excluding carboxylic acids is 1. The third kappa shape index (κ3) is 2.81. The molecular weight excluding hydrogens is 262 g/mol. The van der Waals surface area contributed by atoms with Gasteiger partial charge in [-0.25, -0.2) is 4.98 Å². The molecule has 102 valence electrons. The van der Waals surface area contributed by atoms with Gasteiger partial charge in [0.25, 0.3) is 0 Å². The number of hydrogen-bond donors (Lipinski definition) is 0. The van der Waals surface area contributed by atoms with E-state index in [4.69, 9.17) is 16.3 Å². The number of halogens is 1. The summed E-state index contributed by atoms with van der Waals surface area (Å²) < 4.78 is 5.35. The van der Waals surface area contributed by atoms with E-state index in [0.717, 1.165) is 0 Å². The van der Waals surface area contributed by atoms with Gasteiger partial charge in [0.1, 0.15) is 0 Å². The van der Waals surface area contributed by atoms with Crippen molar-refractivity contribution in [3.8, 4) is 5.75 Å². The molecule has 1 aromatic heterocycles. The Morgan fingerprint density at radius 3 is 2.74 bits per heavy atom. The van der Waals surface area contributed by atoms with Crippen LogP contribution in [0.2, 0.25) is 5.15 Å². The van der Waals surface area contributed by atoms with E-state index in [1.54, 1.807) is 18.3 Å². The molecule has 4 heteroatoms. The summed E-state index contributed by atoms with van der Waals surface area (Å²) in [6.45, 7) is 8.23. The molecule has 0 aliphatic heterocycles. The fraction of sp³-hybridized carbons (Fsp3) is 0.467. The molecule has 0 amide bonds. The van der Waals surface area contributed by atoms with E-state index in [-0.39, 0.29) is 28.4 Å². The minimum atomic E-state index is -0.234. The Morgan fingerprint density at radius 1 is 1.47 bits per heavy atom. The van der Waals surface area contributed by atoms with Crippen molar-refractivity contribution in [2.24, 2.45) is 17.3 Å². The van der Waals surface area contributed by atoms with Gasteiger partial charge in [-0.05, 0) is 37.3 Å². The van der Waals surface area contributed by atoms with Crippen LogP contribution in [0, 0.1) is 17.3 Å². The monoisotopic (exact) mass is 279 g/mol. The van der Waals surface area contributed by atoms with Gasteiger partial charge < -0.3 is 4.74 Å². The van der Waals surface area contributed by atoms with Gasteiger partial charge in [-0.1, -0.05) is 37.1 Å². The van der Waals surface area contributed by atoms with Crippen LogP contribution in [0.25, 0.3) is 0 Å². The largest absolute Gasteiger partial charge is 0.423 e. The number of esters is 1. The molecule has 0 aromatic carbocycles. The molecule has 0 radical (unpaired) electrons. The first-order chi connectivity index (χ1) is 8.84. The van der Waals surface area contributed by atoms with Crippen molar-refractivity contribution in [2.45, 2.75) is 27.7 Å². The molecule has 1 aliphatic carbocycles. The third-order valence-corrected chi connectivity index (χ3v) is 3.90. The van der Waals surface area contributed by atoms with E-state index in [1.165, 1.54) is 5.57 Å². The second kappa shape index (κ2) is 4.97. The quantitative estimate of drug-likeness (QED) is 0.479. The predicted molar refractivity (Wildman–Crippen MR) is 75.1 cm³/mol. The van der Waals surface area contributed by atoms with E-state index in [2.05, 4.69) is 24.9 Å². The van der Waals surface area contributed by atoms with E-state index in [9.17, 15) is 4.79 Å².